The summed E-state index contributed by atoms with van der Waals surface area (Å²) in [6, 6.07) is 7.07. The molecule has 19 heavy (non-hydrogen) atoms. The van der Waals surface area contributed by atoms with Crippen LogP contribution in [0.3, 0.4) is 0 Å². The molecule has 0 heterocycles. The van der Waals surface area contributed by atoms with Crippen LogP contribution in [0.2, 0.25) is 5.02 Å². The molecule has 0 fully saturated rings. The summed E-state index contributed by atoms with van der Waals surface area (Å²) in [5.74, 6) is -1.35. The third-order valence-electron chi connectivity index (χ3n) is 2.70. The zero-order valence-corrected chi connectivity index (χ0v) is 11.6. The SMILES string of the molecule is C/C=C(/C)C(=O)N(CC(=O)O)Cc1ccccc1Cl. The zero-order chi connectivity index (χ0) is 14.4. The maximum absolute atomic E-state index is 12.1. The fourth-order valence-corrected chi connectivity index (χ4v) is 1.76. The predicted molar refractivity (Wildman–Crippen MR) is 73.9 cm³/mol. The van der Waals surface area contributed by atoms with E-state index in [-0.39, 0.29) is 19.0 Å². The molecule has 0 aliphatic heterocycles. The molecule has 0 atom stereocenters. The Morgan fingerprint density at radius 3 is 2.53 bits per heavy atom. The molecule has 1 rings (SSSR count). The van der Waals surface area contributed by atoms with Crippen LogP contribution < -0.4 is 0 Å². The minimum atomic E-state index is -1.05. The van der Waals surface area contributed by atoms with Crippen molar-refractivity contribution in [1.82, 2.24) is 4.90 Å². The van der Waals surface area contributed by atoms with E-state index in [2.05, 4.69) is 0 Å². The highest BCUT2D eigenvalue weighted by atomic mass is 35.5. The van der Waals surface area contributed by atoms with Gasteiger partial charge in [-0.15, -0.1) is 0 Å². The van der Waals surface area contributed by atoms with E-state index in [9.17, 15) is 9.59 Å². The van der Waals surface area contributed by atoms with Gasteiger partial charge in [0, 0.05) is 17.1 Å². The smallest absolute Gasteiger partial charge is 0.323 e. The van der Waals surface area contributed by atoms with Gasteiger partial charge in [-0.05, 0) is 25.5 Å². The second-order valence-electron chi connectivity index (χ2n) is 4.12. The summed E-state index contributed by atoms with van der Waals surface area (Å²) in [6.07, 6.45) is 1.66. The quantitative estimate of drug-likeness (QED) is 0.844. The Balaban J connectivity index is 2.96. The topological polar surface area (TPSA) is 57.6 Å². The van der Waals surface area contributed by atoms with E-state index in [1.807, 2.05) is 0 Å². The molecular weight excluding hydrogens is 266 g/mol. The molecular formula is C14H16ClNO3. The molecule has 1 aromatic rings. The van der Waals surface area contributed by atoms with Crippen molar-refractivity contribution in [2.45, 2.75) is 20.4 Å². The average Bonchev–Trinajstić information content (AvgIpc) is 2.38. The molecule has 1 aromatic carbocycles. The number of carboxylic acids is 1. The van der Waals surface area contributed by atoms with Crippen molar-refractivity contribution in [3.63, 3.8) is 0 Å². The van der Waals surface area contributed by atoms with Gasteiger partial charge in [0.1, 0.15) is 6.54 Å². The Hall–Kier alpha value is -1.81. The van der Waals surface area contributed by atoms with Gasteiger partial charge in [-0.2, -0.15) is 0 Å². The van der Waals surface area contributed by atoms with Crippen LogP contribution in [0.4, 0.5) is 0 Å². The number of allylic oxidation sites excluding steroid dienone is 1. The fraction of sp³-hybridized carbons (Fsp3) is 0.286. The molecule has 0 aliphatic carbocycles. The van der Waals surface area contributed by atoms with E-state index >= 15 is 0 Å². The van der Waals surface area contributed by atoms with E-state index in [4.69, 9.17) is 16.7 Å². The second kappa shape index (κ2) is 6.95. The summed E-state index contributed by atoms with van der Waals surface area (Å²) in [7, 11) is 0. The van der Waals surface area contributed by atoms with Gasteiger partial charge in [-0.1, -0.05) is 35.9 Å². The van der Waals surface area contributed by atoms with Crippen LogP contribution >= 0.6 is 11.6 Å². The normalized spacial score (nSPS) is 11.2. The molecule has 5 heteroatoms. The van der Waals surface area contributed by atoms with Gasteiger partial charge in [-0.3, -0.25) is 9.59 Å². The van der Waals surface area contributed by atoms with E-state index in [0.717, 1.165) is 5.56 Å². The Morgan fingerprint density at radius 1 is 1.37 bits per heavy atom. The molecule has 0 bridgehead atoms. The van der Waals surface area contributed by atoms with Crippen molar-refractivity contribution < 1.29 is 14.7 Å². The van der Waals surface area contributed by atoms with E-state index < -0.39 is 5.97 Å². The van der Waals surface area contributed by atoms with E-state index in [1.165, 1.54) is 4.90 Å². The van der Waals surface area contributed by atoms with Crippen LogP contribution in [0.1, 0.15) is 19.4 Å². The third kappa shape index (κ3) is 4.41. The number of nitrogens with zero attached hydrogens (tertiary/aromatic N) is 1. The summed E-state index contributed by atoms with van der Waals surface area (Å²) in [5.41, 5.74) is 1.23. The molecule has 0 aliphatic rings. The molecule has 0 unspecified atom stereocenters. The molecule has 0 saturated carbocycles. The first-order valence-corrected chi connectivity index (χ1v) is 6.21. The first-order valence-electron chi connectivity index (χ1n) is 5.83. The molecule has 102 valence electrons. The Labute approximate surface area is 117 Å². The van der Waals surface area contributed by atoms with Gasteiger partial charge in [0.05, 0.1) is 0 Å². The third-order valence-corrected chi connectivity index (χ3v) is 3.07. The van der Waals surface area contributed by atoms with Crippen LogP contribution in [0.15, 0.2) is 35.9 Å². The lowest BCUT2D eigenvalue weighted by molar-refractivity contribution is -0.143. The lowest BCUT2D eigenvalue weighted by Crippen LogP contribution is -2.35. The highest BCUT2D eigenvalue weighted by Gasteiger charge is 2.19. The number of hydrogen-bond donors (Lipinski definition) is 1. The molecule has 0 saturated heterocycles. The largest absolute Gasteiger partial charge is 0.480 e. The number of rotatable bonds is 5. The number of carbonyl (C=O) groups excluding carboxylic acids is 1. The van der Waals surface area contributed by atoms with Gasteiger partial charge < -0.3 is 10.0 Å². The lowest BCUT2D eigenvalue weighted by atomic mass is 10.2. The Bertz CT molecular complexity index is 511. The Morgan fingerprint density at radius 2 is 2.00 bits per heavy atom. The second-order valence-corrected chi connectivity index (χ2v) is 4.53. The van der Waals surface area contributed by atoms with Gasteiger partial charge in [0.15, 0.2) is 0 Å². The van der Waals surface area contributed by atoms with Crippen molar-refractivity contribution in [2.24, 2.45) is 0 Å². The maximum Gasteiger partial charge on any atom is 0.323 e. The van der Waals surface area contributed by atoms with Crippen LogP contribution in [0.25, 0.3) is 0 Å². The average molecular weight is 282 g/mol. The van der Waals surface area contributed by atoms with Crippen molar-refractivity contribution in [2.75, 3.05) is 6.54 Å². The molecule has 0 spiro atoms. The first-order chi connectivity index (χ1) is 8.95. The predicted octanol–water partition coefficient (Wildman–Crippen LogP) is 2.72. The van der Waals surface area contributed by atoms with Gasteiger partial charge in [0.2, 0.25) is 5.91 Å². The molecule has 0 aromatic heterocycles. The molecule has 4 nitrogen and oxygen atoms in total. The molecule has 0 radical (unpaired) electrons. The summed E-state index contributed by atoms with van der Waals surface area (Å²) in [5, 5.41) is 9.41. The standard InChI is InChI=1S/C14H16ClNO3/c1-3-10(2)14(19)16(9-13(17)18)8-11-6-4-5-7-12(11)15/h3-7H,8-9H2,1-2H3,(H,17,18)/b10-3-. The number of aliphatic carboxylic acids is 1. The number of benzene rings is 1. The number of carbonyl (C=O) groups is 2. The van der Waals surface area contributed by atoms with Crippen molar-refractivity contribution in [1.29, 1.82) is 0 Å². The number of halogens is 1. The minimum Gasteiger partial charge on any atom is -0.480 e. The van der Waals surface area contributed by atoms with Crippen LogP contribution in [-0.4, -0.2) is 28.4 Å². The minimum absolute atomic E-state index is 0.177. The van der Waals surface area contributed by atoms with Gasteiger partial charge >= 0.3 is 5.97 Å². The Kier molecular flexibility index (Phi) is 5.57. The van der Waals surface area contributed by atoms with E-state index in [1.54, 1.807) is 44.2 Å². The van der Waals surface area contributed by atoms with Crippen molar-refractivity contribution >= 4 is 23.5 Å². The highest BCUT2D eigenvalue weighted by Crippen LogP contribution is 2.18. The summed E-state index contributed by atoms with van der Waals surface area (Å²) < 4.78 is 0. The van der Waals surface area contributed by atoms with Crippen molar-refractivity contribution in [3.8, 4) is 0 Å². The maximum atomic E-state index is 12.1. The number of amides is 1. The summed E-state index contributed by atoms with van der Waals surface area (Å²) in [6.45, 7) is 3.22. The fourth-order valence-electron chi connectivity index (χ4n) is 1.57. The molecule has 1 amide bonds. The number of hydrogen-bond acceptors (Lipinski definition) is 2. The molecule has 1 N–H and O–H groups in total. The zero-order valence-electron chi connectivity index (χ0n) is 10.9. The van der Waals surface area contributed by atoms with Gasteiger partial charge in [-0.25, -0.2) is 0 Å². The van der Waals surface area contributed by atoms with Crippen LogP contribution in [0, 0.1) is 0 Å². The van der Waals surface area contributed by atoms with E-state index in [0.29, 0.717) is 10.6 Å². The van der Waals surface area contributed by atoms with Crippen LogP contribution in [-0.2, 0) is 16.1 Å². The monoisotopic (exact) mass is 281 g/mol. The lowest BCUT2D eigenvalue weighted by Gasteiger charge is -2.21. The van der Waals surface area contributed by atoms with Crippen molar-refractivity contribution in [3.05, 3.63) is 46.5 Å². The van der Waals surface area contributed by atoms with Gasteiger partial charge in [0.25, 0.3) is 0 Å². The first kappa shape index (κ1) is 15.2. The highest BCUT2D eigenvalue weighted by molar-refractivity contribution is 6.31. The van der Waals surface area contributed by atoms with Crippen LogP contribution in [0.5, 0.6) is 0 Å². The summed E-state index contributed by atoms with van der Waals surface area (Å²) in [4.78, 5) is 24.2. The number of carboxylic acid groups (broad SMARTS) is 1. The summed E-state index contributed by atoms with van der Waals surface area (Å²) >= 11 is 6.02.